The van der Waals surface area contributed by atoms with E-state index in [-0.39, 0.29) is 11.9 Å². The smallest absolute Gasteiger partial charge is 0.251 e. The minimum atomic E-state index is -0.0623. The Hall–Kier alpha value is -2.23. The zero-order chi connectivity index (χ0) is 14.5. The first-order valence-corrected chi connectivity index (χ1v) is 6.67. The third kappa shape index (κ3) is 3.63. The minimum Gasteiger partial charge on any atom is -0.469 e. The standard InChI is InChI=1S/C16H20N2O2/c1-12(10-15-8-5-9-20-15)17-16(19)13-6-4-7-14(11-13)18(2)3/h4-9,11-12H,10H2,1-3H3,(H,17,19). The van der Waals surface area contributed by atoms with E-state index in [9.17, 15) is 4.79 Å². The number of furan rings is 1. The Morgan fingerprint density at radius 1 is 1.30 bits per heavy atom. The van der Waals surface area contributed by atoms with E-state index < -0.39 is 0 Å². The highest BCUT2D eigenvalue weighted by Gasteiger charge is 2.12. The van der Waals surface area contributed by atoms with Crippen LogP contribution in [0.3, 0.4) is 0 Å². The maximum Gasteiger partial charge on any atom is 0.251 e. The van der Waals surface area contributed by atoms with Gasteiger partial charge in [0.15, 0.2) is 0 Å². The fraction of sp³-hybridized carbons (Fsp3) is 0.312. The fourth-order valence-electron chi connectivity index (χ4n) is 2.01. The molecule has 4 heteroatoms. The van der Waals surface area contributed by atoms with Crippen LogP contribution >= 0.6 is 0 Å². The number of nitrogens with one attached hydrogen (secondary N) is 1. The normalized spacial score (nSPS) is 11.9. The van der Waals surface area contributed by atoms with Crippen LogP contribution in [-0.4, -0.2) is 26.0 Å². The first-order chi connectivity index (χ1) is 9.56. The predicted molar refractivity (Wildman–Crippen MR) is 80.1 cm³/mol. The molecule has 0 aliphatic rings. The van der Waals surface area contributed by atoms with E-state index in [0.717, 1.165) is 11.4 Å². The van der Waals surface area contributed by atoms with E-state index >= 15 is 0 Å². The molecule has 0 fully saturated rings. The van der Waals surface area contributed by atoms with Crippen molar-refractivity contribution in [3.8, 4) is 0 Å². The van der Waals surface area contributed by atoms with Crippen molar-refractivity contribution in [3.05, 3.63) is 54.0 Å². The van der Waals surface area contributed by atoms with E-state index in [0.29, 0.717) is 12.0 Å². The van der Waals surface area contributed by atoms with Crippen LogP contribution in [0.5, 0.6) is 0 Å². The van der Waals surface area contributed by atoms with Crippen molar-refractivity contribution >= 4 is 11.6 Å². The van der Waals surface area contributed by atoms with Gasteiger partial charge in [-0.05, 0) is 37.3 Å². The van der Waals surface area contributed by atoms with Crippen molar-refractivity contribution in [2.75, 3.05) is 19.0 Å². The van der Waals surface area contributed by atoms with Crippen molar-refractivity contribution in [3.63, 3.8) is 0 Å². The van der Waals surface area contributed by atoms with Crippen LogP contribution in [0.2, 0.25) is 0 Å². The number of amides is 1. The second-order valence-electron chi connectivity index (χ2n) is 5.10. The van der Waals surface area contributed by atoms with Gasteiger partial charge in [-0.2, -0.15) is 0 Å². The third-order valence-electron chi connectivity index (χ3n) is 3.09. The molecule has 0 aliphatic heterocycles. The highest BCUT2D eigenvalue weighted by molar-refractivity contribution is 5.95. The molecule has 1 unspecified atom stereocenters. The molecule has 4 nitrogen and oxygen atoms in total. The van der Waals surface area contributed by atoms with Gasteiger partial charge >= 0.3 is 0 Å². The molecule has 2 rings (SSSR count). The van der Waals surface area contributed by atoms with Crippen LogP contribution in [-0.2, 0) is 6.42 Å². The van der Waals surface area contributed by atoms with Crippen molar-refractivity contribution in [1.29, 1.82) is 0 Å². The molecule has 1 amide bonds. The lowest BCUT2D eigenvalue weighted by atomic mass is 10.1. The molecule has 1 N–H and O–H groups in total. The highest BCUT2D eigenvalue weighted by Crippen LogP contribution is 2.13. The lowest BCUT2D eigenvalue weighted by molar-refractivity contribution is 0.0939. The average Bonchev–Trinajstić information content (AvgIpc) is 2.91. The SMILES string of the molecule is CC(Cc1ccco1)NC(=O)c1cccc(N(C)C)c1. The third-order valence-corrected chi connectivity index (χ3v) is 3.09. The second-order valence-corrected chi connectivity index (χ2v) is 5.10. The van der Waals surface area contributed by atoms with Gasteiger partial charge in [0.1, 0.15) is 5.76 Å². The summed E-state index contributed by atoms with van der Waals surface area (Å²) in [5.74, 6) is 0.813. The Morgan fingerprint density at radius 2 is 2.10 bits per heavy atom. The fourth-order valence-corrected chi connectivity index (χ4v) is 2.01. The Morgan fingerprint density at radius 3 is 2.75 bits per heavy atom. The molecule has 106 valence electrons. The van der Waals surface area contributed by atoms with E-state index in [1.807, 2.05) is 62.3 Å². The number of benzene rings is 1. The predicted octanol–water partition coefficient (Wildman–Crippen LogP) is 2.71. The Bertz CT molecular complexity index is 562. The lowest BCUT2D eigenvalue weighted by Gasteiger charge is -2.15. The first-order valence-electron chi connectivity index (χ1n) is 6.67. The van der Waals surface area contributed by atoms with Gasteiger partial charge in [-0.1, -0.05) is 6.07 Å². The number of anilines is 1. The van der Waals surface area contributed by atoms with Gasteiger partial charge < -0.3 is 14.6 Å². The summed E-state index contributed by atoms with van der Waals surface area (Å²) in [6.07, 6.45) is 2.33. The van der Waals surface area contributed by atoms with E-state index in [1.54, 1.807) is 6.26 Å². The summed E-state index contributed by atoms with van der Waals surface area (Å²) in [4.78, 5) is 14.2. The molecule has 1 atom stereocenters. The van der Waals surface area contributed by atoms with Gasteiger partial charge in [-0.15, -0.1) is 0 Å². The van der Waals surface area contributed by atoms with Gasteiger partial charge in [0.25, 0.3) is 5.91 Å². The number of carbonyl (C=O) groups excluding carboxylic acids is 1. The zero-order valence-electron chi connectivity index (χ0n) is 12.1. The molecule has 0 aliphatic carbocycles. The van der Waals surface area contributed by atoms with E-state index in [1.165, 1.54) is 0 Å². The zero-order valence-corrected chi connectivity index (χ0v) is 12.1. The molecule has 0 saturated heterocycles. The molecule has 0 saturated carbocycles. The summed E-state index contributed by atoms with van der Waals surface area (Å²) in [6, 6.07) is 11.4. The van der Waals surface area contributed by atoms with Crippen molar-refractivity contribution in [2.24, 2.45) is 0 Å². The Kier molecular flexibility index (Phi) is 4.45. The maximum absolute atomic E-state index is 12.2. The van der Waals surface area contributed by atoms with Gasteiger partial charge in [0.05, 0.1) is 6.26 Å². The molecule has 1 aromatic carbocycles. The molecule has 0 bridgehead atoms. The average molecular weight is 272 g/mol. The van der Waals surface area contributed by atoms with Crippen molar-refractivity contribution in [1.82, 2.24) is 5.32 Å². The molecule has 1 heterocycles. The van der Waals surface area contributed by atoms with Crippen LogP contribution in [0.1, 0.15) is 23.0 Å². The summed E-state index contributed by atoms with van der Waals surface area (Å²) >= 11 is 0. The Labute approximate surface area is 119 Å². The molecule has 0 radical (unpaired) electrons. The minimum absolute atomic E-state index is 0.0247. The topological polar surface area (TPSA) is 45.5 Å². The number of hydrogen-bond donors (Lipinski definition) is 1. The Balaban J connectivity index is 1.99. The molecule has 20 heavy (non-hydrogen) atoms. The number of carbonyl (C=O) groups is 1. The second kappa shape index (κ2) is 6.28. The number of hydrogen-bond acceptors (Lipinski definition) is 3. The quantitative estimate of drug-likeness (QED) is 0.910. The van der Waals surface area contributed by atoms with E-state index in [4.69, 9.17) is 4.42 Å². The van der Waals surface area contributed by atoms with Gasteiger partial charge in [0, 0.05) is 37.8 Å². The maximum atomic E-state index is 12.2. The number of rotatable bonds is 5. The van der Waals surface area contributed by atoms with Crippen molar-refractivity contribution < 1.29 is 9.21 Å². The van der Waals surface area contributed by atoms with Crippen LogP contribution in [0.15, 0.2) is 47.1 Å². The van der Waals surface area contributed by atoms with Crippen LogP contribution in [0.25, 0.3) is 0 Å². The van der Waals surface area contributed by atoms with Crippen LogP contribution in [0, 0.1) is 0 Å². The molecule has 2 aromatic rings. The summed E-state index contributed by atoms with van der Waals surface area (Å²) in [7, 11) is 3.91. The monoisotopic (exact) mass is 272 g/mol. The summed E-state index contributed by atoms with van der Waals surface area (Å²) < 4.78 is 5.28. The highest BCUT2D eigenvalue weighted by atomic mass is 16.3. The van der Waals surface area contributed by atoms with Crippen LogP contribution < -0.4 is 10.2 Å². The lowest BCUT2D eigenvalue weighted by Crippen LogP contribution is -2.34. The molecule has 0 spiro atoms. The van der Waals surface area contributed by atoms with E-state index in [2.05, 4.69) is 5.32 Å². The molecular weight excluding hydrogens is 252 g/mol. The largest absolute Gasteiger partial charge is 0.469 e. The number of nitrogens with zero attached hydrogens (tertiary/aromatic N) is 1. The molecule has 1 aromatic heterocycles. The van der Waals surface area contributed by atoms with Gasteiger partial charge in [-0.3, -0.25) is 4.79 Å². The molecular formula is C16H20N2O2. The summed E-state index contributed by atoms with van der Waals surface area (Å²) in [6.45, 7) is 1.97. The first kappa shape index (κ1) is 14.2. The van der Waals surface area contributed by atoms with Crippen molar-refractivity contribution in [2.45, 2.75) is 19.4 Å². The van der Waals surface area contributed by atoms with Crippen LogP contribution in [0.4, 0.5) is 5.69 Å². The summed E-state index contributed by atoms with van der Waals surface area (Å²) in [5, 5.41) is 2.98. The van der Waals surface area contributed by atoms with Gasteiger partial charge in [-0.25, -0.2) is 0 Å². The summed E-state index contributed by atoms with van der Waals surface area (Å²) in [5.41, 5.74) is 1.68. The van der Waals surface area contributed by atoms with Gasteiger partial charge in [0.2, 0.25) is 0 Å².